The van der Waals surface area contributed by atoms with Crippen LogP contribution in [-0.2, 0) is 13.1 Å². The van der Waals surface area contributed by atoms with Crippen molar-refractivity contribution >= 4 is 17.2 Å². The van der Waals surface area contributed by atoms with Gasteiger partial charge in [-0.05, 0) is 30.3 Å². The molecule has 0 bridgehead atoms. The smallest absolute Gasteiger partial charge is 0.123 e. The van der Waals surface area contributed by atoms with Crippen molar-refractivity contribution in [1.82, 2.24) is 4.90 Å². The Hall–Kier alpha value is -1.78. The highest BCUT2D eigenvalue weighted by atomic mass is 32.1. The van der Waals surface area contributed by atoms with E-state index in [1.54, 1.807) is 12.1 Å². The van der Waals surface area contributed by atoms with E-state index in [0.717, 1.165) is 17.7 Å². The van der Waals surface area contributed by atoms with Gasteiger partial charge < -0.3 is 5.73 Å². The number of halogens is 1. The van der Waals surface area contributed by atoms with Gasteiger partial charge in [0.05, 0.1) is 0 Å². The van der Waals surface area contributed by atoms with Gasteiger partial charge in [0.25, 0.3) is 0 Å². The van der Waals surface area contributed by atoms with Gasteiger partial charge in [0.1, 0.15) is 10.8 Å². The van der Waals surface area contributed by atoms with Gasteiger partial charge in [-0.15, -0.1) is 0 Å². The number of hydrogen-bond acceptors (Lipinski definition) is 2. The third-order valence-corrected chi connectivity index (χ3v) is 3.27. The summed E-state index contributed by atoms with van der Waals surface area (Å²) in [4.78, 5) is 2.54. The Balaban J connectivity index is 1.97. The summed E-state index contributed by atoms with van der Waals surface area (Å²) >= 11 is 4.92. The number of benzene rings is 2. The normalized spacial score (nSPS) is 10.8. The molecule has 2 aromatic carbocycles. The molecule has 2 aromatic rings. The molecule has 0 spiro atoms. The van der Waals surface area contributed by atoms with Crippen molar-refractivity contribution in [2.24, 2.45) is 5.73 Å². The zero-order chi connectivity index (χ0) is 14.5. The minimum Gasteiger partial charge on any atom is -0.389 e. The van der Waals surface area contributed by atoms with Gasteiger partial charge in [-0.3, -0.25) is 4.90 Å². The molecule has 4 heteroatoms. The fourth-order valence-corrected chi connectivity index (χ4v) is 2.23. The predicted molar refractivity (Wildman–Crippen MR) is 83.9 cm³/mol. The van der Waals surface area contributed by atoms with Crippen LogP contribution in [0.15, 0.2) is 48.5 Å². The summed E-state index contributed by atoms with van der Waals surface area (Å²) in [5, 5.41) is 0. The van der Waals surface area contributed by atoms with Gasteiger partial charge in [0.2, 0.25) is 0 Å². The van der Waals surface area contributed by atoms with E-state index >= 15 is 0 Å². The fraction of sp³-hybridized carbons (Fsp3) is 0.188. The van der Waals surface area contributed by atoms with Crippen LogP contribution in [0.25, 0.3) is 0 Å². The Morgan fingerprint density at radius 2 is 1.75 bits per heavy atom. The summed E-state index contributed by atoms with van der Waals surface area (Å²) in [7, 11) is 2.01. The van der Waals surface area contributed by atoms with E-state index < -0.39 is 0 Å². The van der Waals surface area contributed by atoms with Crippen LogP contribution in [0.5, 0.6) is 0 Å². The van der Waals surface area contributed by atoms with E-state index in [2.05, 4.69) is 4.90 Å². The first kappa shape index (κ1) is 14.6. The summed E-state index contributed by atoms with van der Waals surface area (Å²) in [6, 6.07) is 14.5. The molecule has 0 saturated carbocycles. The van der Waals surface area contributed by atoms with Crippen molar-refractivity contribution in [2.75, 3.05) is 7.05 Å². The maximum atomic E-state index is 13.1. The molecule has 104 valence electrons. The Kier molecular flexibility index (Phi) is 4.82. The van der Waals surface area contributed by atoms with E-state index in [-0.39, 0.29) is 5.82 Å². The van der Waals surface area contributed by atoms with Crippen LogP contribution in [0.2, 0.25) is 0 Å². The van der Waals surface area contributed by atoms with Crippen LogP contribution in [0.3, 0.4) is 0 Å². The highest BCUT2D eigenvalue weighted by Crippen LogP contribution is 2.10. The second kappa shape index (κ2) is 6.59. The summed E-state index contributed by atoms with van der Waals surface area (Å²) in [5.74, 6) is -0.197. The van der Waals surface area contributed by atoms with Crippen LogP contribution in [0.1, 0.15) is 16.7 Å². The van der Waals surface area contributed by atoms with Crippen molar-refractivity contribution in [3.63, 3.8) is 0 Å². The van der Waals surface area contributed by atoms with Gasteiger partial charge in [0.15, 0.2) is 0 Å². The van der Waals surface area contributed by atoms with Gasteiger partial charge in [0, 0.05) is 18.7 Å². The molecule has 0 aliphatic carbocycles. The van der Waals surface area contributed by atoms with Gasteiger partial charge >= 0.3 is 0 Å². The molecule has 0 aromatic heterocycles. The van der Waals surface area contributed by atoms with Crippen LogP contribution < -0.4 is 5.73 Å². The maximum absolute atomic E-state index is 13.1. The Labute approximate surface area is 124 Å². The lowest BCUT2D eigenvalue weighted by molar-refractivity contribution is 0.318. The number of hydrogen-bond donors (Lipinski definition) is 1. The molecule has 0 aliphatic heterocycles. The van der Waals surface area contributed by atoms with Crippen LogP contribution in [0.4, 0.5) is 4.39 Å². The van der Waals surface area contributed by atoms with E-state index in [0.29, 0.717) is 11.5 Å². The Bertz CT molecular complexity index is 596. The summed E-state index contributed by atoms with van der Waals surface area (Å²) in [5.41, 5.74) is 8.57. The lowest BCUT2D eigenvalue weighted by Gasteiger charge is -2.17. The third-order valence-electron chi connectivity index (χ3n) is 3.03. The van der Waals surface area contributed by atoms with Crippen LogP contribution in [-0.4, -0.2) is 16.9 Å². The van der Waals surface area contributed by atoms with Gasteiger partial charge in [-0.2, -0.15) is 0 Å². The van der Waals surface area contributed by atoms with Crippen molar-refractivity contribution in [1.29, 1.82) is 0 Å². The molecule has 0 amide bonds. The maximum Gasteiger partial charge on any atom is 0.123 e. The largest absolute Gasteiger partial charge is 0.389 e. The second-order valence-corrected chi connectivity index (χ2v) is 5.30. The molecule has 0 unspecified atom stereocenters. The highest BCUT2D eigenvalue weighted by Gasteiger charge is 2.03. The quantitative estimate of drug-likeness (QED) is 0.857. The molecular weight excluding hydrogens is 271 g/mol. The molecule has 2 N–H and O–H groups in total. The molecule has 0 aliphatic rings. The first-order valence-electron chi connectivity index (χ1n) is 6.36. The Morgan fingerprint density at radius 1 is 1.10 bits per heavy atom. The minimum atomic E-state index is -0.197. The van der Waals surface area contributed by atoms with Crippen molar-refractivity contribution < 1.29 is 4.39 Å². The first-order valence-corrected chi connectivity index (χ1v) is 6.77. The highest BCUT2D eigenvalue weighted by molar-refractivity contribution is 7.80. The SMILES string of the molecule is CN(Cc1ccc(C(N)=S)cc1)Cc1cccc(F)c1. The van der Waals surface area contributed by atoms with E-state index in [1.807, 2.05) is 37.4 Å². The monoisotopic (exact) mass is 288 g/mol. The van der Waals surface area contributed by atoms with Crippen LogP contribution >= 0.6 is 12.2 Å². The summed E-state index contributed by atoms with van der Waals surface area (Å²) in [6.45, 7) is 1.49. The van der Waals surface area contributed by atoms with Gasteiger partial charge in [-0.25, -0.2) is 4.39 Å². The zero-order valence-electron chi connectivity index (χ0n) is 11.3. The van der Waals surface area contributed by atoms with E-state index in [1.165, 1.54) is 11.6 Å². The second-order valence-electron chi connectivity index (χ2n) is 4.86. The lowest BCUT2D eigenvalue weighted by Crippen LogP contribution is -2.17. The molecule has 0 saturated heterocycles. The van der Waals surface area contributed by atoms with E-state index in [9.17, 15) is 4.39 Å². The molecule has 2 rings (SSSR count). The molecule has 0 radical (unpaired) electrons. The molecule has 20 heavy (non-hydrogen) atoms. The first-order chi connectivity index (χ1) is 9.54. The van der Waals surface area contributed by atoms with Crippen molar-refractivity contribution in [3.8, 4) is 0 Å². The summed E-state index contributed by atoms with van der Waals surface area (Å²) < 4.78 is 13.1. The van der Waals surface area contributed by atoms with Crippen molar-refractivity contribution in [2.45, 2.75) is 13.1 Å². The average molecular weight is 288 g/mol. The number of nitrogens with zero attached hydrogens (tertiary/aromatic N) is 1. The Morgan fingerprint density at radius 3 is 2.35 bits per heavy atom. The van der Waals surface area contributed by atoms with E-state index in [4.69, 9.17) is 18.0 Å². The molecule has 0 atom stereocenters. The lowest BCUT2D eigenvalue weighted by atomic mass is 10.1. The summed E-state index contributed by atoms with van der Waals surface area (Å²) in [6.07, 6.45) is 0. The van der Waals surface area contributed by atoms with Gasteiger partial charge in [-0.1, -0.05) is 48.6 Å². The number of rotatable bonds is 5. The standard InChI is InChI=1S/C16H17FN2S/c1-19(11-13-3-2-4-15(17)9-13)10-12-5-7-14(8-6-12)16(18)20/h2-9H,10-11H2,1H3,(H2,18,20). The zero-order valence-corrected chi connectivity index (χ0v) is 12.2. The number of thiocarbonyl (C=S) groups is 1. The molecule has 0 heterocycles. The minimum absolute atomic E-state index is 0.197. The molecule has 0 fully saturated rings. The third kappa shape index (κ3) is 4.11. The topological polar surface area (TPSA) is 29.3 Å². The molecular formula is C16H17FN2S. The number of nitrogens with two attached hydrogens (primary N) is 1. The van der Waals surface area contributed by atoms with Crippen LogP contribution in [0, 0.1) is 5.82 Å². The van der Waals surface area contributed by atoms with Crippen molar-refractivity contribution in [3.05, 3.63) is 71.0 Å². The molecule has 2 nitrogen and oxygen atoms in total. The fourth-order valence-electron chi connectivity index (χ4n) is 2.09. The average Bonchev–Trinajstić information content (AvgIpc) is 2.39. The predicted octanol–water partition coefficient (Wildman–Crippen LogP) is 3.09.